The van der Waals surface area contributed by atoms with Gasteiger partial charge in [0.2, 0.25) is 0 Å². The Morgan fingerprint density at radius 2 is 1.61 bits per heavy atom. The van der Waals surface area contributed by atoms with Gasteiger partial charge in [-0.15, -0.1) is 11.6 Å². The summed E-state index contributed by atoms with van der Waals surface area (Å²) >= 11 is 5.83. The van der Waals surface area contributed by atoms with Gasteiger partial charge in [-0.1, -0.05) is 29.8 Å². The van der Waals surface area contributed by atoms with Crippen LogP contribution in [0.4, 0.5) is 0 Å². The Morgan fingerprint density at radius 3 is 2.06 bits per heavy atom. The van der Waals surface area contributed by atoms with Crippen LogP contribution < -0.4 is 5.19 Å². The SMILES string of the molecule is CCO[Si](CCCCl)(OCC)c1ccc(C)cc1. The fraction of sp³-hybridized carbons (Fsp3) is 0.571. The van der Waals surface area contributed by atoms with Crippen molar-refractivity contribution in [3.05, 3.63) is 29.8 Å². The Labute approximate surface area is 117 Å². The van der Waals surface area contributed by atoms with Crippen molar-refractivity contribution >= 4 is 25.3 Å². The standard InChI is InChI=1S/C14H23ClO2Si/c1-4-16-18(17-5-2,12-6-11-15)14-9-7-13(3)8-10-14/h7-10H,4-6,11-12H2,1-3H3. The first-order valence-electron chi connectivity index (χ1n) is 6.59. The lowest BCUT2D eigenvalue weighted by Crippen LogP contribution is -2.54. The number of rotatable bonds is 8. The molecule has 0 aliphatic carbocycles. The summed E-state index contributed by atoms with van der Waals surface area (Å²) in [6.45, 7) is 7.50. The van der Waals surface area contributed by atoms with Crippen molar-refractivity contribution in [1.82, 2.24) is 0 Å². The van der Waals surface area contributed by atoms with Gasteiger partial charge in [0.15, 0.2) is 0 Å². The molecular formula is C14H23ClO2Si. The van der Waals surface area contributed by atoms with Gasteiger partial charge in [0.25, 0.3) is 0 Å². The minimum Gasteiger partial charge on any atom is -0.391 e. The summed E-state index contributed by atoms with van der Waals surface area (Å²) in [5, 5.41) is 1.21. The Balaban J connectivity index is 3.01. The van der Waals surface area contributed by atoms with E-state index in [1.54, 1.807) is 0 Å². The third kappa shape index (κ3) is 4.09. The van der Waals surface area contributed by atoms with Crippen molar-refractivity contribution in [3.63, 3.8) is 0 Å². The molecule has 0 aliphatic heterocycles. The molecule has 0 saturated heterocycles. The molecular weight excluding hydrogens is 264 g/mol. The average molecular weight is 287 g/mol. The molecule has 0 atom stereocenters. The Kier molecular flexibility index (Phi) is 6.93. The van der Waals surface area contributed by atoms with Crippen LogP contribution in [0.25, 0.3) is 0 Å². The fourth-order valence-electron chi connectivity index (χ4n) is 2.07. The number of hydrogen-bond acceptors (Lipinski definition) is 2. The van der Waals surface area contributed by atoms with Gasteiger partial charge in [0, 0.05) is 19.1 Å². The van der Waals surface area contributed by atoms with Gasteiger partial charge in [-0.3, -0.25) is 0 Å². The van der Waals surface area contributed by atoms with Crippen LogP contribution in [0.2, 0.25) is 6.04 Å². The van der Waals surface area contributed by atoms with E-state index < -0.39 is 8.56 Å². The molecule has 1 aromatic rings. The summed E-state index contributed by atoms with van der Waals surface area (Å²) in [4.78, 5) is 0. The maximum absolute atomic E-state index is 6.06. The average Bonchev–Trinajstić information content (AvgIpc) is 2.37. The normalized spacial score (nSPS) is 11.8. The molecule has 0 fully saturated rings. The van der Waals surface area contributed by atoms with Crippen LogP contribution in [0.3, 0.4) is 0 Å². The number of hydrogen-bond donors (Lipinski definition) is 0. The molecule has 0 heterocycles. The fourth-order valence-corrected chi connectivity index (χ4v) is 5.67. The lowest BCUT2D eigenvalue weighted by atomic mass is 10.2. The molecule has 1 aromatic carbocycles. The van der Waals surface area contributed by atoms with Gasteiger partial charge in [0.1, 0.15) is 0 Å². The predicted molar refractivity (Wildman–Crippen MR) is 80.0 cm³/mol. The van der Waals surface area contributed by atoms with E-state index in [1.807, 2.05) is 13.8 Å². The molecule has 0 saturated carbocycles. The van der Waals surface area contributed by atoms with E-state index >= 15 is 0 Å². The van der Waals surface area contributed by atoms with Crippen molar-refractivity contribution in [2.45, 2.75) is 33.2 Å². The minimum absolute atomic E-state index is 0.654. The summed E-state index contributed by atoms with van der Waals surface area (Å²) in [6, 6.07) is 9.44. The van der Waals surface area contributed by atoms with Crippen LogP contribution in [-0.4, -0.2) is 27.7 Å². The van der Waals surface area contributed by atoms with E-state index in [2.05, 4.69) is 31.2 Å². The number of benzene rings is 1. The lowest BCUT2D eigenvalue weighted by molar-refractivity contribution is 0.195. The van der Waals surface area contributed by atoms with E-state index in [0.717, 1.165) is 12.5 Å². The van der Waals surface area contributed by atoms with E-state index in [0.29, 0.717) is 19.1 Å². The molecule has 0 aliphatic rings. The second-order valence-corrected chi connectivity index (χ2v) is 7.82. The van der Waals surface area contributed by atoms with E-state index in [-0.39, 0.29) is 0 Å². The molecule has 2 nitrogen and oxygen atoms in total. The Bertz CT molecular complexity index is 334. The monoisotopic (exact) mass is 286 g/mol. The van der Waals surface area contributed by atoms with Crippen molar-refractivity contribution < 1.29 is 8.85 Å². The highest BCUT2D eigenvalue weighted by atomic mass is 35.5. The first-order valence-corrected chi connectivity index (χ1v) is 9.15. The summed E-state index contributed by atoms with van der Waals surface area (Å²) in [5.74, 6) is 0.654. The first-order chi connectivity index (χ1) is 8.68. The van der Waals surface area contributed by atoms with Gasteiger partial charge in [-0.25, -0.2) is 0 Å². The number of aryl methyl sites for hydroxylation is 1. The third-order valence-electron chi connectivity index (χ3n) is 2.89. The predicted octanol–water partition coefficient (Wildman–Crippen LogP) is 3.35. The van der Waals surface area contributed by atoms with E-state index in [1.165, 1.54) is 10.8 Å². The summed E-state index contributed by atoms with van der Waals surface area (Å²) in [7, 11) is -2.30. The summed E-state index contributed by atoms with van der Waals surface area (Å²) in [6.07, 6.45) is 0.932. The van der Waals surface area contributed by atoms with Gasteiger partial charge in [-0.2, -0.15) is 0 Å². The number of halogens is 1. The topological polar surface area (TPSA) is 18.5 Å². The molecule has 4 heteroatoms. The van der Waals surface area contributed by atoms with Crippen molar-refractivity contribution in [2.24, 2.45) is 0 Å². The van der Waals surface area contributed by atoms with Crippen LogP contribution in [0.15, 0.2) is 24.3 Å². The second-order valence-electron chi connectivity index (χ2n) is 4.28. The molecule has 0 spiro atoms. The van der Waals surface area contributed by atoms with Gasteiger partial charge in [-0.05, 0) is 38.4 Å². The lowest BCUT2D eigenvalue weighted by Gasteiger charge is -2.30. The van der Waals surface area contributed by atoms with Gasteiger partial charge in [0.05, 0.1) is 0 Å². The highest BCUT2D eigenvalue weighted by Gasteiger charge is 2.38. The van der Waals surface area contributed by atoms with Crippen LogP contribution in [0.5, 0.6) is 0 Å². The molecule has 102 valence electrons. The maximum Gasteiger partial charge on any atom is 0.372 e. The van der Waals surface area contributed by atoms with Gasteiger partial charge >= 0.3 is 8.56 Å². The van der Waals surface area contributed by atoms with Crippen LogP contribution in [-0.2, 0) is 8.85 Å². The van der Waals surface area contributed by atoms with Gasteiger partial charge < -0.3 is 8.85 Å². The molecule has 0 bridgehead atoms. The smallest absolute Gasteiger partial charge is 0.372 e. The first kappa shape index (κ1) is 15.7. The van der Waals surface area contributed by atoms with Crippen LogP contribution in [0.1, 0.15) is 25.8 Å². The van der Waals surface area contributed by atoms with E-state index in [9.17, 15) is 0 Å². The summed E-state index contributed by atoms with van der Waals surface area (Å²) in [5.41, 5.74) is 1.26. The second kappa shape index (κ2) is 7.95. The molecule has 1 rings (SSSR count). The van der Waals surface area contributed by atoms with Crippen LogP contribution >= 0.6 is 11.6 Å². The zero-order valence-corrected chi connectivity index (χ0v) is 13.3. The molecule has 0 amide bonds. The Morgan fingerprint density at radius 1 is 1.06 bits per heavy atom. The quantitative estimate of drug-likeness (QED) is 0.539. The zero-order chi connectivity index (χ0) is 13.4. The number of alkyl halides is 1. The van der Waals surface area contributed by atoms with Crippen molar-refractivity contribution in [1.29, 1.82) is 0 Å². The minimum atomic E-state index is -2.30. The van der Waals surface area contributed by atoms with Crippen molar-refractivity contribution in [3.8, 4) is 0 Å². The van der Waals surface area contributed by atoms with Crippen LogP contribution in [0, 0.1) is 6.92 Å². The molecule has 0 radical (unpaired) electrons. The molecule has 18 heavy (non-hydrogen) atoms. The Hall–Kier alpha value is -0.353. The molecule has 0 aromatic heterocycles. The largest absolute Gasteiger partial charge is 0.391 e. The zero-order valence-electron chi connectivity index (χ0n) is 11.5. The molecule has 0 unspecified atom stereocenters. The van der Waals surface area contributed by atoms with Crippen molar-refractivity contribution in [2.75, 3.05) is 19.1 Å². The summed E-state index contributed by atoms with van der Waals surface area (Å²) < 4.78 is 12.1. The molecule has 0 N–H and O–H groups in total. The highest BCUT2D eigenvalue weighted by Crippen LogP contribution is 2.17. The highest BCUT2D eigenvalue weighted by molar-refractivity contribution is 6.81. The van der Waals surface area contributed by atoms with E-state index in [4.69, 9.17) is 20.5 Å². The maximum atomic E-state index is 6.06. The third-order valence-corrected chi connectivity index (χ3v) is 6.89.